The van der Waals surface area contributed by atoms with Crippen molar-refractivity contribution in [2.75, 3.05) is 6.61 Å². The lowest BCUT2D eigenvalue weighted by molar-refractivity contribution is -0.155. The minimum absolute atomic E-state index is 0.237. The largest absolute Gasteiger partial charge is 0.386 e. The van der Waals surface area contributed by atoms with E-state index in [2.05, 4.69) is 4.99 Å². The van der Waals surface area contributed by atoms with Gasteiger partial charge in [-0.2, -0.15) is 4.99 Å². The van der Waals surface area contributed by atoms with Gasteiger partial charge in [0.1, 0.15) is 6.61 Å². The van der Waals surface area contributed by atoms with Gasteiger partial charge in [-0.25, -0.2) is 4.79 Å². The molecule has 0 unspecified atom stereocenters. The Morgan fingerprint density at radius 1 is 1.31 bits per heavy atom. The Bertz CT molecular complexity index is 403. The lowest BCUT2D eigenvalue weighted by atomic mass is 10.2. The summed E-state index contributed by atoms with van der Waals surface area (Å²) in [7, 11) is 0. The highest BCUT2D eigenvalue weighted by Crippen LogP contribution is 1.96. The summed E-state index contributed by atoms with van der Waals surface area (Å²) in [5.74, 6) is -1.13. The van der Waals surface area contributed by atoms with E-state index in [1.165, 1.54) is 6.21 Å². The maximum absolute atomic E-state index is 11.1. The van der Waals surface area contributed by atoms with Crippen LogP contribution in [0.2, 0.25) is 0 Å². The number of imide groups is 1. The molecule has 0 bridgehead atoms. The second-order valence-electron chi connectivity index (χ2n) is 2.82. The lowest BCUT2D eigenvalue weighted by Crippen LogP contribution is -2.33. The number of urea groups is 1. The molecule has 0 saturated heterocycles. The third kappa shape index (κ3) is 3.26. The molecule has 2 N–H and O–H groups in total. The average Bonchev–Trinajstić information content (AvgIpc) is 2.35. The fourth-order valence-electron chi connectivity index (χ4n) is 0.897. The molecule has 0 heterocycles. The number of aliphatic hydroxyl groups is 1. The number of hydrogen-bond donors (Lipinski definition) is 2. The van der Waals surface area contributed by atoms with Gasteiger partial charge in [-0.15, -0.1) is 5.06 Å². The van der Waals surface area contributed by atoms with Crippen molar-refractivity contribution in [1.29, 1.82) is 0 Å². The van der Waals surface area contributed by atoms with Crippen LogP contribution in [0.3, 0.4) is 0 Å². The molecule has 0 aliphatic rings. The number of rotatable bonds is 2. The van der Waals surface area contributed by atoms with Crippen LogP contribution in [-0.2, 0) is 4.79 Å². The first-order valence-corrected chi connectivity index (χ1v) is 4.41. The zero-order valence-electron chi connectivity index (χ0n) is 8.28. The molecule has 84 valence electrons. The third-order valence-electron chi connectivity index (χ3n) is 1.68. The van der Waals surface area contributed by atoms with Gasteiger partial charge >= 0.3 is 6.03 Å². The van der Waals surface area contributed by atoms with E-state index in [-0.39, 0.29) is 5.06 Å². The molecule has 0 aromatic heterocycles. The van der Waals surface area contributed by atoms with Crippen molar-refractivity contribution in [1.82, 2.24) is 5.06 Å². The monoisotopic (exact) mass is 222 g/mol. The maximum atomic E-state index is 11.1. The molecule has 1 aromatic carbocycles. The maximum Gasteiger partial charge on any atom is 0.374 e. The summed E-state index contributed by atoms with van der Waals surface area (Å²) < 4.78 is 0. The molecule has 0 atom stereocenters. The van der Waals surface area contributed by atoms with Crippen molar-refractivity contribution in [3.05, 3.63) is 35.9 Å². The van der Waals surface area contributed by atoms with Crippen LogP contribution in [0, 0.1) is 0 Å². The highest BCUT2D eigenvalue weighted by Gasteiger charge is 2.16. The number of hydrogen-bond acceptors (Lipinski definition) is 4. The predicted molar refractivity (Wildman–Crippen MR) is 55.2 cm³/mol. The summed E-state index contributed by atoms with van der Waals surface area (Å²) in [5, 5.41) is 17.1. The standard InChI is InChI=1S/C10H10N2O4/c13-7-9(14)12(16)10(15)11-6-8-4-2-1-3-5-8/h1-6,13,16H,7H2. The van der Waals surface area contributed by atoms with E-state index in [1.54, 1.807) is 30.3 Å². The summed E-state index contributed by atoms with van der Waals surface area (Å²) in [6.07, 6.45) is 1.20. The van der Waals surface area contributed by atoms with Gasteiger partial charge in [0.2, 0.25) is 0 Å². The Balaban J connectivity index is 2.65. The Kier molecular flexibility index (Phi) is 4.31. The van der Waals surface area contributed by atoms with Crippen molar-refractivity contribution in [2.24, 2.45) is 4.99 Å². The molecule has 0 saturated carbocycles. The zero-order chi connectivity index (χ0) is 12.0. The molecule has 6 nitrogen and oxygen atoms in total. The van der Waals surface area contributed by atoms with Gasteiger partial charge < -0.3 is 5.11 Å². The first-order valence-electron chi connectivity index (χ1n) is 4.41. The van der Waals surface area contributed by atoms with Crippen LogP contribution in [-0.4, -0.2) is 40.1 Å². The molecule has 0 fully saturated rings. The molecule has 1 rings (SSSR count). The van der Waals surface area contributed by atoms with E-state index >= 15 is 0 Å². The Labute approximate surface area is 91.4 Å². The summed E-state index contributed by atoms with van der Waals surface area (Å²) >= 11 is 0. The molecule has 0 radical (unpaired) electrons. The third-order valence-corrected chi connectivity index (χ3v) is 1.68. The first kappa shape index (κ1) is 12.0. The Hall–Kier alpha value is -2.05. The summed E-state index contributed by atoms with van der Waals surface area (Å²) in [6, 6.07) is 7.55. The fourth-order valence-corrected chi connectivity index (χ4v) is 0.897. The van der Waals surface area contributed by atoms with E-state index in [9.17, 15) is 9.59 Å². The van der Waals surface area contributed by atoms with Gasteiger partial charge in [-0.1, -0.05) is 30.3 Å². The highest BCUT2D eigenvalue weighted by molar-refractivity contribution is 5.98. The molecule has 16 heavy (non-hydrogen) atoms. The number of hydroxylamine groups is 2. The second-order valence-corrected chi connectivity index (χ2v) is 2.82. The van der Waals surface area contributed by atoms with Gasteiger partial charge in [-0.3, -0.25) is 10.0 Å². The normalized spacial score (nSPS) is 10.4. The summed E-state index contributed by atoms with van der Waals surface area (Å²) in [5.41, 5.74) is 0.653. The predicted octanol–water partition coefficient (Wildman–Crippen LogP) is 0.436. The topological polar surface area (TPSA) is 90.2 Å². The van der Waals surface area contributed by atoms with Crippen LogP contribution >= 0.6 is 0 Å². The number of aliphatic hydroxyl groups excluding tert-OH is 1. The molecule has 3 amide bonds. The van der Waals surface area contributed by atoms with Gasteiger partial charge in [0, 0.05) is 6.21 Å². The molecular formula is C10H10N2O4. The zero-order valence-corrected chi connectivity index (χ0v) is 8.28. The van der Waals surface area contributed by atoms with Crippen molar-refractivity contribution < 1.29 is 19.9 Å². The molecule has 0 aliphatic carbocycles. The van der Waals surface area contributed by atoms with Gasteiger partial charge in [0.05, 0.1) is 0 Å². The number of amides is 3. The van der Waals surface area contributed by atoms with Crippen LogP contribution in [0.25, 0.3) is 0 Å². The minimum atomic E-state index is -1.15. The fraction of sp³-hybridized carbons (Fsp3) is 0.100. The summed E-state index contributed by atoms with van der Waals surface area (Å²) in [6.45, 7) is -0.955. The van der Waals surface area contributed by atoms with Gasteiger partial charge in [-0.05, 0) is 5.56 Å². The minimum Gasteiger partial charge on any atom is -0.386 e. The average molecular weight is 222 g/mol. The first-order chi connectivity index (χ1) is 7.65. The van der Waals surface area contributed by atoms with E-state index in [4.69, 9.17) is 10.3 Å². The van der Waals surface area contributed by atoms with Crippen LogP contribution in [0.5, 0.6) is 0 Å². The van der Waals surface area contributed by atoms with E-state index < -0.39 is 18.5 Å². The number of carbonyl (C=O) groups is 2. The molecule has 0 aliphatic heterocycles. The number of aliphatic imine (C=N–C) groups is 1. The Morgan fingerprint density at radius 2 is 1.94 bits per heavy atom. The number of carbonyl (C=O) groups excluding carboxylic acids is 2. The molecule has 1 aromatic rings. The number of benzene rings is 1. The van der Waals surface area contributed by atoms with E-state index in [0.29, 0.717) is 5.56 Å². The number of nitrogens with zero attached hydrogens (tertiary/aromatic N) is 2. The second kappa shape index (κ2) is 5.74. The van der Waals surface area contributed by atoms with Crippen LogP contribution in [0.15, 0.2) is 35.3 Å². The quantitative estimate of drug-likeness (QED) is 0.431. The van der Waals surface area contributed by atoms with E-state index in [0.717, 1.165) is 0 Å². The van der Waals surface area contributed by atoms with Gasteiger partial charge in [0.25, 0.3) is 5.91 Å². The van der Waals surface area contributed by atoms with E-state index in [1.807, 2.05) is 0 Å². The SMILES string of the molecule is O=C(CO)N(O)C(=O)N=Cc1ccccc1. The van der Waals surface area contributed by atoms with Crippen LogP contribution in [0.1, 0.15) is 5.56 Å². The summed E-state index contributed by atoms with van der Waals surface area (Å²) in [4.78, 5) is 25.1. The lowest BCUT2D eigenvalue weighted by Gasteiger charge is -2.06. The van der Waals surface area contributed by atoms with Crippen molar-refractivity contribution >= 4 is 18.2 Å². The van der Waals surface area contributed by atoms with Crippen molar-refractivity contribution in [3.63, 3.8) is 0 Å². The van der Waals surface area contributed by atoms with Crippen LogP contribution in [0.4, 0.5) is 4.79 Å². The van der Waals surface area contributed by atoms with Gasteiger partial charge in [0.15, 0.2) is 0 Å². The Morgan fingerprint density at radius 3 is 2.50 bits per heavy atom. The molecular weight excluding hydrogens is 212 g/mol. The smallest absolute Gasteiger partial charge is 0.374 e. The van der Waals surface area contributed by atoms with Crippen molar-refractivity contribution in [2.45, 2.75) is 0 Å². The molecule has 0 spiro atoms. The highest BCUT2D eigenvalue weighted by atomic mass is 16.5. The molecule has 6 heteroatoms. The van der Waals surface area contributed by atoms with Crippen LogP contribution < -0.4 is 0 Å². The van der Waals surface area contributed by atoms with Crippen molar-refractivity contribution in [3.8, 4) is 0 Å².